The number of halogens is 1. The first-order valence-corrected chi connectivity index (χ1v) is 6.96. The van der Waals surface area contributed by atoms with Crippen molar-refractivity contribution in [3.05, 3.63) is 59.1 Å². The Balaban J connectivity index is 1.60. The zero-order valence-corrected chi connectivity index (χ0v) is 12.2. The maximum absolute atomic E-state index is 11.8. The lowest BCUT2D eigenvalue weighted by Crippen LogP contribution is -2.24. The molecule has 0 bridgehead atoms. The molecule has 0 aliphatic heterocycles. The van der Waals surface area contributed by atoms with Crippen LogP contribution in [0.15, 0.2) is 53.6 Å². The Morgan fingerprint density at radius 3 is 2.59 bits per heavy atom. The van der Waals surface area contributed by atoms with Gasteiger partial charge in [0.05, 0.1) is 6.21 Å². The third-order valence-electron chi connectivity index (χ3n) is 2.86. The van der Waals surface area contributed by atoms with Crippen molar-refractivity contribution >= 4 is 34.8 Å². The van der Waals surface area contributed by atoms with Crippen LogP contribution in [0, 0.1) is 0 Å². The van der Waals surface area contributed by atoms with Crippen LogP contribution in [0.2, 0.25) is 5.02 Å². The second-order valence-corrected chi connectivity index (χ2v) is 5.00. The summed E-state index contributed by atoms with van der Waals surface area (Å²) in [6.45, 7) is 0.00155. The van der Waals surface area contributed by atoms with Crippen molar-refractivity contribution in [1.82, 2.24) is 20.4 Å². The summed E-state index contributed by atoms with van der Waals surface area (Å²) in [5.74, 6) is -0.307. The summed E-state index contributed by atoms with van der Waals surface area (Å²) < 4.78 is 0. The number of fused-ring (bicyclic) bond motifs is 1. The third kappa shape index (κ3) is 3.48. The number of benzene rings is 2. The van der Waals surface area contributed by atoms with E-state index in [2.05, 4.69) is 20.7 Å². The fourth-order valence-electron chi connectivity index (χ4n) is 1.90. The first-order valence-electron chi connectivity index (χ1n) is 6.58. The van der Waals surface area contributed by atoms with Gasteiger partial charge < -0.3 is 0 Å². The molecule has 0 fully saturated rings. The largest absolute Gasteiger partial charge is 0.271 e. The van der Waals surface area contributed by atoms with E-state index in [0.29, 0.717) is 5.02 Å². The van der Waals surface area contributed by atoms with Crippen molar-refractivity contribution in [2.75, 3.05) is 0 Å². The molecule has 0 unspecified atom stereocenters. The van der Waals surface area contributed by atoms with Crippen LogP contribution < -0.4 is 5.43 Å². The second-order valence-electron chi connectivity index (χ2n) is 4.57. The van der Waals surface area contributed by atoms with Crippen molar-refractivity contribution in [3.63, 3.8) is 0 Å². The summed E-state index contributed by atoms with van der Waals surface area (Å²) >= 11 is 5.86. The molecule has 0 atom stereocenters. The van der Waals surface area contributed by atoms with Gasteiger partial charge in [0, 0.05) is 5.02 Å². The van der Waals surface area contributed by atoms with E-state index >= 15 is 0 Å². The zero-order valence-electron chi connectivity index (χ0n) is 11.5. The highest BCUT2D eigenvalue weighted by molar-refractivity contribution is 6.30. The van der Waals surface area contributed by atoms with Gasteiger partial charge in [-0.25, -0.2) is 5.43 Å². The first-order chi connectivity index (χ1) is 10.7. The molecule has 3 rings (SSSR count). The van der Waals surface area contributed by atoms with Crippen molar-refractivity contribution in [1.29, 1.82) is 0 Å². The zero-order chi connectivity index (χ0) is 15.4. The van der Waals surface area contributed by atoms with Crippen LogP contribution in [-0.2, 0) is 11.3 Å². The minimum Gasteiger partial charge on any atom is -0.271 e. The molecule has 0 aliphatic rings. The first kappa shape index (κ1) is 14.2. The highest BCUT2D eigenvalue weighted by atomic mass is 35.5. The van der Waals surface area contributed by atoms with Crippen molar-refractivity contribution in [2.45, 2.75) is 6.54 Å². The van der Waals surface area contributed by atoms with Crippen LogP contribution in [0.5, 0.6) is 0 Å². The van der Waals surface area contributed by atoms with Gasteiger partial charge in [0.25, 0.3) is 5.91 Å². The molecule has 0 saturated heterocycles. The van der Waals surface area contributed by atoms with Crippen LogP contribution in [-0.4, -0.2) is 27.1 Å². The molecule has 0 saturated carbocycles. The van der Waals surface area contributed by atoms with E-state index in [4.69, 9.17) is 11.6 Å². The number of amides is 1. The van der Waals surface area contributed by atoms with Crippen LogP contribution in [0.25, 0.3) is 11.0 Å². The molecular weight excluding hydrogens is 302 g/mol. The molecular formula is C15H12ClN5O. The van der Waals surface area contributed by atoms with Gasteiger partial charge in [-0.15, -0.1) is 0 Å². The summed E-state index contributed by atoms with van der Waals surface area (Å²) in [5.41, 5.74) is 4.73. The fourth-order valence-corrected chi connectivity index (χ4v) is 2.10. The Labute approximate surface area is 131 Å². The summed E-state index contributed by atoms with van der Waals surface area (Å²) in [7, 11) is 0. The number of carbonyl (C=O) groups is 1. The van der Waals surface area contributed by atoms with Gasteiger partial charge in [-0.05, 0) is 29.8 Å². The Morgan fingerprint density at radius 1 is 1.18 bits per heavy atom. The monoisotopic (exact) mass is 313 g/mol. The second kappa shape index (κ2) is 6.36. The molecule has 3 aromatic rings. The predicted molar refractivity (Wildman–Crippen MR) is 84.7 cm³/mol. The van der Waals surface area contributed by atoms with Crippen LogP contribution in [0.4, 0.5) is 0 Å². The number of rotatable bonds is 4. The standard InChI is InChI=1S/C15H12ClN5O/c16-12-5-3-4-11(8-12)9-17-18-15(22)10-21-19-13-6-1-2-7-14(13)20-21/h1-9H,10H2,(H,18,22)/b17-9+. The van der Waals surface area contributed by atoms with E-state index in [1.807, 2.05) is 36.4 Å². The smallest absolute Gasteiger partial charge is 0.263 e. The Morgan fingerprint density at radius 2 is 1.91 bits per heavy atom. The quantitative estimate of drug-likeness (QED) is 0.593. The number of hydrogen-bond acceptors (Lipinski definition) is 4. The molecule has 2 aromatic carbocycles. The Kier molecular flexibility index (Phi) is 4.11. The number of nitrogens with one attached hydrogen (secondary N) is 1. The number of carbonyl (C=O) groups excluding carboxylic acids is 1. The molecule has 0 spiro atoms. The Hall–Kier alpha value is -2.73. The minimum atomic E-state index is -0.307. The molecule has 1 N–H and O–H groups in total. The van der Waals surface area contributed by atoms with Crippen molar-refractivity contribution < 1.29 is 4.79 Å². The molecule has 0 radical (unpaired) electrons. The highest BCUT2D eigenvalue weighted by Crippen LogP contribution is 2.08. The molecule has 7 heteroatoms. The van der Waals surface area contributed by atoms with Gasteiger partial charge >= 0.3 is 0 Å². The molecule has 6 nitrogen and oxygen atoms in total. The van der Waals surface area contributed by atoms with Crippen molar-refractivity contribution in [3.8, 4) is 0 Å². The van der Waals surface area contributed by atoms with Crippen LogP contribution >= 0.6 is 11.6 Å². The number of hydrogen-bond donors (Lipinski definition) is 1. The average molecular weight is 314 g/mol. The molecule has 1 aromatic heterocycles. The lowest BCUT2D eigenvalue weighted by molar-refractivity contribution is -0.122. The SMILES string of the molecule is O=C(Cn1nc2ccccc2n1)N/N=C/c1cccc(Cl)c1. The normalized spacial score (nSPS) is 11.1. The molecule has 1 amide bonds. The van der Waals surface area contributed by atoms with E-state index in [1.165, 1.54) is 11.0 Å². The molecule has 110 valence electrons. The lowest BCUT2D eigenvalue weighted by atomic mass is 10.2. The number of nitrogens with zero attached hydrogens (tertiary/aromatic N) is 4. The molecule has 0 aliphatic carbocycles. The summed E-state index contributed by atoms with van der Waals surface area (Å²) in [5, 5.41) is 12.9. The Bertz CT molecular complexity index is 810. The van der Waals surface area contributed by atoms with E-state index in [0.717, 1.165) is 16.6 Å². The highest BCUT2D eigenvalue weighted by Gasteiger charge is 2.05. The van der Waals surface area contributed by atoms with E-state index in [-0.39, 0.29) is 12.5 Å². The maximum atomic E-state index is 11.8. The topological polar surface area (TPSA) is 72.2 Å². The van der Waals surface area contributed by atoms with Gasteiger partial charge in [-0.2, -0.15) is 20.1 Å². The van der Waals surface area contributed by atoms with Gasteiger partial charge in [-0.3, -0.25) is 4.79 Å². The molecule has 1 heterocycles. The third-order valence-corrected chi connectivity index (χ3v) is 3.10. The van der Waals surface area contributed by atoms with Gasteiger partial charge in [0.15, 0.2) is 0 Å². The fraction of sp³-hybridized carbons (Fsp3) is 0.0667. The van der Waals surface area contributed by atoms with Gasteiger partial charge in [-0.1, -0.05) is 35.9 Å². The van der Waals surface area contributed by atoms with E-state index in [1.54, 1.807) is 12.1 Å². The summed E-state index contributed by atoms with van der Waals surface area (Å²) in [6, 6.07) is 14.6. The maximum Gasteiger partial charge on any atom is 0.263 e. The predicted octanol–water partition coefficient (Wildman–Crippen LogP) is 2.24. The number of aromatic nitrogens is 3. The summed E-state index contributed by atoms with van der Waals surface area (Å²) in [4.78, 5) is 13.1. The van der Waals surface area contributed by atoms with E-state index < -0.39 is 0 Å². The molecule has 22 heavy (non-hydrogen) atoms. The van der Waals surface area contributed by atoms with Crippen molar-refractivity contribution in [2.24, 2.45) is 5.10 Å². The number of hydrazone groups is 1. The lowest BCUT2D eigenvalue weighted by Gasteiger charge is -1.98. The van der Waals surface area contributed by atoms with E-state index in [9.17, 15) is 4.79 Å². The average Bonchev–Trinajstić information content (AvgIpc) is 2.89. The van der Waals surface area contributed by atoms with Gasteiger partial charge in [0.1, 0.15) is 17.6 Å². The minimum absolute atomic E-state index is 0.00155. The van der Waals surface area contributed by atoms with Crippen LogP contribution in [0.3, 0.4) is 0 Å². The van der Waals surface area contributed by atoms with Gasteiger partial charge in [0.2, 0.25) is 0 Å². The van der Waals surface area contributed by atoms with Crippen LogP contribution in [0.1, 0.15) is 5.56 Å². The summed E-state index contributed by atoms with van der Waals surface area (Å²) in [6.07, 6.45) is 1.52.